The summed E-state index contributed by atoms with van der Waals surface area (Å²) in [6.07, 6.45) is 0. The van der Waals surface area contributed by atoms with E-state index < -0.39 is 40.5 Å². The average Bonchev–Trinajstić information content (AvgIpc) is 2.65. The number of carboxylic acids is 4. The number of hydrogen-bond donors (Lipinski definition) is 4. The van der Waals surface area contributed by atoms with Crippen LogP contribution in [0.2, 0.25) is 26.2 Å². The SMILES string of the molecule is C[Si](C)(O[Si](C)(C)c1cccc(C(=O)O)c1C(=O)O)c1cccc(C(=O)O)c1C(=O)O. The number of carboxylic acid groups (broad SMARTS) is 4. The molecule has 0 atom stereocenters. The first-order chi connectivity index (χ1) is 14.2. The molecule has 0 amide bonds. The zero-order chi connectivity index (χ0) is 23.7. The summed E-state index contributed by atoms with van der Waals surface area (Å²) in [4.78, 5) is 46.8. The Balaban J connectivity index is 2.66. The second-order valence-corrected chi connectivity index (χ2v) is 15.7. The molecule has 164 valence electrons. The second-order valence-electron chi connectivity index (χ2n) is 7.80. The third-order valence-electron chi connectivity index (χ3n) is 4.83. The molecule has 2 aromatic rings. The van der Waals surface area contributed by atoms with Gasteiger partial charge < -0.3 is 24.5 Å². The van der Waals surface area contributed by atoms with Gasteiger partial charge >= 0.3 is 23.9 Å². The van der Waals surface area contributed by atoms with Crippen LogP contribution >= 0.6 is 0 Å². The Kier molecular flexibility index (Phi) is 6.54. The predicted octanol–water partition coefficient (Wildman–Crippen LogP) is 2.02. The van der Waals surface area contributed by atoms with Crippen molar-refractivity contribution in [2.45, 2.75) is 26.2 Å². The summed E-state index contributed by atoms with van der Waals surface area (Å²) < 4.78 is 6.41. The first-order valence-corrected chi connectivity index (χ1v) is 14.9. The van der Waals surface area contributed by atoms with E-state index in [1.807, 2.05) is 0 Å². The molecule has 0 radical (unpaired) electrons. The molecule has 11 heteroatoms. The molecule has 0 bridgehead atoms. The van der Waals surface area contributed by atoms with Gasteiger partial charge in [0.15, 0.2) is 0 Å². The lowest BCUT2D eigenvalue weighted by atomic mass is 10.1. The van der Waals surface area contributed by atoms with E-state index >= 15 is 0 Å². The summed E-state index contributed by atoms with van der Waals surface area (Å²) in [6, 6.07) is 8.26. The van der Waals surface area contributed by atoms with E-state index in [0.717, 1.165) is 0 Å². The van der Waals surface area contributed by atoms with Gasteiger partial charge in [-0.25, -0.2) is 19.2 Å². The largest absolute Gasteiger partial charge is 0.478 e. The minimum absolute atomic E-state index is 0.242. The Bertz CT molecular complexity index is 1000. The number of aromatic carboxylic acids is 4. The highest BCUT2D eigenvalue weighted by atomic mass is 28.4. The van der Waals surface area contributed by atoms with Crippen LogP contribution < -0.4 is 10.4 Å². The summed E-state index contributed by atoms with van der Waals surface area (Å²) >= 11 is 0. The first-order valence-electron chi connectivity index (χ1n) is 9.11. The van der Waals surface area contributed by atoms with Crippen LogP contribution in [0.1, 0.15) is 41.4 Å². The van der Waals surface area contributed by atoms with Crippen molar-refractivity contribution < 1.29 is 43.7 Å². The number of rotatable bonds is 8. The molecule has 4 N–H and O–H groups in total. The number of hydrogen-bond acceptors (Lipinski definition) is 5. The van der Waals surface area contributed by atoms with Crippen LogP contribution in [-0.4, -0.2) is 60.9 Å². The van der Waals surface area contributed by atoms with Gasteiger partial charge in [-0.15, -0.1) is 0 Å². The zero-order valence-electron chi connectivity index (χ0n) is 17.3. The van der Waals surface area contributed by atoms with Crippen LogP contribution in [0.4, 0.5) is 0 Å². The molecule has 0 heterocycles. The van der Waals surface area contributed by atoms with Crippen molar-refractivity contribution in [2.75, 3.05) is 0 Å². The third-order valence-corrected chi connectivity index (χ3v) is 12.3. The van der Waals surface area contributed by atoms with Gasteiger partial charge in [0.05, 0.1) is 22.3 Å². The molecule has 0 fully saturated rings. The number of carbonyl (C=O) groups is 4. The Hall–Kier alpha value is -3.29. The summed E-state index contributed by atoms with van der Waals surface area (Å²) in [5.74, 6) is -5.59. The minimum Gasteiger partial charge on any atom is -0.478 e. The summed E-state index contributed by atoms with van der Waals surface area (Å²) in [5, 5.41) is 38.6. The van der Waals surface area contributed by atoms with E-state index in [1.165, 1.54) is 36.4 Å². The predicted molar refractivity (Wildman–Crippen MR) is 116 cm³/mol. The lowest BCUT2D eigenvalue weighted by Gasteiger charge is -2.36. The molecule has 0 aliphatic heterocycles. The Morgan fingerprint density at radius 2 is 0.935 bits per heavy atom. The van der Waals surface area contributed by atoms with Gasteiger partial charge in [-0.05, 0) is 48.7 Å². The van der Waals surface area contributed by atoms with Crippen molar-refractivity contribution >= 4 is 50.9 Å². The van der Waals surface area contributed by atoms with E-state index in [-0.39, 0.29) is 32.6 Å². The Morgan fingerprint density at radius 1 is 0.613 bits per heavy atom. The van der Waals surface area contributed by atoms with Gasteiger partial charge in [0.25, 0.3) is 0 Å². The smallest absolute Gasteiger partial charge is 0.336 e. The molecule has 0 unspecified atom stereocenters. The summed E-state index contributed by atoms with van der Waals surface area (Å²) in [7, 11) is -6.21. The molecule has 31 heavy (non-hydrogen) atoms. The molecule has 2 aromatic carbocycles. The lowest BCUT2D eigenvalue weighted by molar-refractivity contribution is 0.0652. The topological polar surface area (TPSA) is 158 Å². The van der Waals surface area contributed by atoms with E-state index in [9.17, 15) is 39.6 Å². The minimum atomic E-state index is -3.11. The molecule has 0 saturated heterocycles. The van der Waals surface area contributed by atoms with Gasteiger partial charge in [0, 0.05) is 0 Å². The fraction of sp³-hybridized carbons (Fsp3) is 0.200. The second kappa shape index (κ2) is 8.45. The van der Waals surface area contributed by atoms with Gasteiger partial charge in [-0.3, -0.25) is 0 Å². The van der Waals surface area contributed by atoms with E-state index in [2.05, 4.69) is 0 Å². The highest BCUT2D eigenvalue weighted by molar-refractivity contribution is 6.97. The van der Waals surface area contributed by atoms with E-state index in [0.29, 0.717) is 0 Å². The average molecular weight is 463 g/mol. The van der Waals surface area contributed by atoms with Gasteiger partial charge in [0.1, 0.15) is 0 Å². The van der Waals surface area contributed by atoms with Crippen LogP contribution in [0.3, 0.4) is 0 Å². The fourth-order valence-corrected chi connectivity index (χ4v) is 12.3. The monoisotopic (exact) mass is 462 g/mol. The molecule has 0 aliphatic carbocycles. The normalized spacial score (nSPS) is 11.7. The van der Waals surface area contributed by atoms with Crippen LogP contribution in [0, 0.1) is 0 Å². The summed E-state index contributed by atoms with van der Waals surface area (Å²) in [6.45, 7) is 6.76. The molecule has 0 aliphatic rings. The molecule has 9 nitrogen and oxygen atoms in total. The quantitative estimate of drug-likeness (QED) is 0.431. The van der Waals surface area contributed by atoms with Crippen molar-refractivity contribution in [3.8, 4) is 0 Å². The molecular weight excluding hydrogens is 440 g/mol. The molecule has 0 saturated carbocycles. The highest BCUT2D eigenvalue weighted by Gasteiger charge is 2.41. The van der Waals surface area contributed by atoms with Crippen molar-refractivity contribution in [3.63, 3.8) is 0 Å². The Labute approximate surface area is 179 Å². The number of benzene rings is 2. The Morgan fingerprint density at radius 3 is 1.19 bits per heavy atom. The maximum Gasteiger partial charge on any atom is 0.336 e. The van der Waals surface area contributed by atoms with Crippen molar-refractivity contribution in [3.05, 3.63) is 58.7 Å². The van der Waals surface area contributed by atoms with E-state index in [4.69, 9.17) is 4.12 Å². The van der Waals surface area contributed by atoms with Crippen molar-refractivity contribution in [2.24, 2.45) is 0 Å². The zero-order valence-corrected chi connectivity index (χ0v) is 19.3. The van der Waals surface area contributed by atoms with Crippen LogP contribution in [0.25, 0.3) is 0 Å². The lowest BCUT2D eigenvalue weighted by Crippen LogP contribution is -2.60. The maximum absolute atomic E-state index is 11.9. The van der Waals surface area contributed by atoms with Crippen molar-refractivity contribution in [1.82, 2.24) is 0 Å². The van der Waals surface area contributed by atoms with Gasteiger partial charge in [0.2, 0.25) is 16.6 Å². The molecule has 0 spiro atoms. The van der Waals surface area contributed by atoms with E-state index in [1.54, 1.807) is 26.2 Å². The maximum atomic E-state index is 11.9. The van der Waals surface area contributed by atoms with Crippen LogP contribution in [-0.2, 0) is 4.12 Å². The van der Waals surface area contributed by atoms with Gasteiger partial charge in [-0.2, -0.15) is 0 Å². The summed E-state index contributed by atoms with van der Waals surface area (Å²) in [5.41, 5.74) is -1.47. The molecular formula is C20H22O9Si2. The molecule has 0 aromatic heterocycles. The van der Waals surface area contributed by atoms with Gasteiger partial charge in [-0.1, -0.05) is 24.3 Å². The standard InChI is InChI=1S/C20H22O9Si2/c1-30(2,13-9-5-7-11(17(21)22)15(13)19(25)26)29-31(3,4)14-10-6-8-12(18(23)24)16(14)20(27)28/h5-10H,1-4H3,(H,21,22)(H,23,24)(H,25,26)(H,27,28). The third kappa shape index (κ3) is 4.73. The fourth-order valence-electron chi connectivity index (χ4n) is 3.67. The van der Waals surface area contributed by atoms with Crippen LogP contribution in [0.5, 0.6) is 0 Å². The highest BCUT2D eigenvalue weighted by Crippen LogP contribution is 2.21. The van der Waals surface area contributed by atoms with Crippen molar-refractivity contribution in [1.29, 1.82) is 0 Å². The van der Waals surface area contributed by atoms with Crippen LogP contribution in [0.15, 0.2) is 36.4 Å². The first kappa shape index (κ1) is 24.0. The molecule has 2 rings (SSSR count).